The molecular weight excluding hydrogens is 742 g/mol. The molecule has 13 atom stereocenters. The first-order chi connectivity index (χ1) is 26.4. The zero-order valence-electron chi connectivity index (χ0n) is 35.1. The molecule has 1 amide bonds. The van der Waals surface area contributed by atoms with Crippen LogP contribution in [0.25, 0.3) is 0 Å². The minimum Gasteiger partial charge on any atom is -0.456 e. The molecule has 0 aromatic rings. The third-order valence-electron chi connectivity index (χ3n) is 13.2. The quantitative estimate of drug-likeness (QED) is 0.143. The molecule has 3 aliphatic heterocycles. The highest BCUT2D eigenvalue weighted by Gasteiger charge is 2.56. The van der Waals surface area contributed by atoms with Gasteiger partial charge in [-0.05, 0) is 103 Å². The second-order valence-electron chi connectivity index (χ2n) is 17.1. The van der Waals surface area contributed by atoms with Gasteiger partial charge in [0.15, 0.2) is 0 Å². The number of aliphatic hydroxyl groups is 2. The number of carbonyl (C=O) groups is 4. The first kappa shape index (κ1) is 46.5. The molecule has 13 heteroatoms. The molecule has 56 heavy (non-hydrogen) atoms. The first-order valence-corrected chi connectivity index (χ1v) is 21.1. The molecule has 1 unspecified atom stereocenters. The van der Waals surface area contributed by atoms with Crippen molar-refractivity contribution in [2.45, 2.75) is 172 Å². The maximum atomic E-state index is 14.3. The number of Topliss-reactive ketones (excluding diaryl/α,β-unsaturated/α-hetero) is 2. The summed E-state index contributed by atoms with van der Waals surface area (Å²) in [5.41, 5.74) is 0.848. The molecule has 12 nitrogen and oxygen atoms in total. The van der Waals surface area contributed by atoms with Crippen molar-refractivity contribution in [1.82, 2.24) is 4.90 Å². The number of carbonyl (C=O) groups excluding carboxylic acids is 4. The van der Waals surface area contributed by atoms with Crippen LogP contribution in [0.5, 0.6) is 0 Å². The molecule has 2 N–H and O–H groups in total. The van der Waals surface area contributed by atoms with Gasteiger partial charge >= 0.3 is 5.97 Å². The van der Waals surface area contributed by atoms with E-state index in [9.17, 15) is 29.4 Å². The summed E-state index contributed by atoms with van der Waals surface area (Å²) in [6.45, 7) is 11.2. The molecule has 0 aromatic carbocycles. The molecule has 4 rings (SSSR count). The summed E-state index contributed by atoms with van der Waals surface area (Å²) < 4.78 is 29.8. The van der Waals surface area contributed by atoms with Gasteiger partial charge in [0.05, 0.1) is 29.8 Å². The fourth-order valence-corrected chi connectivity index (χ4v) is 9.51. The molecule has 0 aromatic heterocycles. The van der Waals surface area contributed by atoms with Crippen molar-refractivity contribution in [1.29, 1.82) is 0 Å². The second kappa shape index (κ2) is 20.2. The van der Waals surface area contributed by atoms with Crippen LogP contribution in [0.3, 0.4) is 0 Å². The maximum Gasteiger partial charge on any atom is 0.329 e. The Hall–Kier alpha value is -2.19. The van der Waals surface area contributed by atoms with Crippen molar-refractivity contribution in [3.05, 3.63) is 23.3 Å². The maximum absolute atomic E-state index is 14.3. The molecule has 0 radical (unpaired) electrons. The number of aliphatic hydroxyl groups excluding tert-OH is 1. The minimum absolute atomic E-state index is 0.0732. The van der Waals surface area contributed by atoms with Gasteiger partial charge in [0, 0.05) is 51.5 Å². The van der Waals surface area contributed by atoms with Gasteiger partial charge in [-0.15, -0.1) is 11.6 Å². The van der Waals surface area contributed by atoms with Crippen molar-refractivity contribution >= 4 is 35.0 Å². The van der Waals surface area contributed by atoms with Crippen LogP contribution in [0, 0.1) is 23.2 Å². The van der Waals surface area contributed by atoms with E-state index < -0.39 is 77.3 Å². The first-order valence-electron chi connectivity index (χ1n) is 20.7. The lowest BCUT2D eigenvalue weighted by molar-refractivity contribution is -0.302. The number of piperidine rings is 1. The van der Waals surface area contributed by atoms with Gasteiger partial charge in [-0.2, -0.15) is 0 Å². The second-order valence-corrected chi connectivity index (χ2v) is 17.7. The number of fused-ring (bicyclic) bond motifs is 3. The topological polar surface area (TPSA) is 158 Å². The van der Waals surface area contributed by atoms with Gasteiger partial charge in [0.1, 0.15) is 24.0 Å². The van der Waals surface area contributed by atoms with Crippen LogP contribution in [0.2, 0.25) is 0 Å². The average Bonchev–Trinajstić information content (AvgIpc) is 3.18. The molecule has 4 aliphatic rings. The largest absolute Gasteiger partial charge is 0.456 e. The zero-order chi connectivity index (χ0) is 41.5. The summed E-state index contributed by atoms with van der Waals surface area (Å²) in [5, 5.41) is 23.6. The highest BCUT2D eigenvalue weighted by molar-refractivity contribution is 6.39. The Morgan fingerprint density at radius 2 is 1.66 bits per heavy atom. The molecule has 2 bridgehead atoms. The SMILES string of the molecule is CC[C@@]1(C)/C=C(\C)CCC[C@H](OC)[C@H]2O[C@@](O)(C(=O)C(=O)N3CCCC[C@H]3C(=O)O[C@H](/C(C)=C/[C@@H]3CC[C@H](Cl)[C@H](OC)C3)[C@H](C)[C@@H](O)CC1=O)[C@H](C)CC2OC. The van der Waals surface area contributed by atoms with E-state index >= 15 is 0 Å². The number of methoxy groups -OCH3 is 3. The number of hydrogen-bond acceptors (Lipinski definition) is 11. The van der Waals surface area contributed by atoms with E-state index in [0.29, 0.717) is 50.5 Å². The summed E-state index contributed by atoms with van der Waals surface area (Å²) in [4.78, 5) is 57.9. The van der Waals surface area contributed by atoms with Gasteiger partial charge in [0.2, 0.25) is 5.79 Å². The van der Waals surface area contributed by atoms with E-state index in [-0.39, 0.29) is 49.0 Å². The van der Waals surface area contributed by atoms with Crippen molar-refractivity contribution in [2.24, 2.45) is 23.2 Å². The Balaban J connectivity index is 1.77. The van der Waals surface area contributed by atoms with Crippen molar-refractivity contribution in [3.8, 4) is 0 Å². The van der Waals surface area contributed by atoms with Gasteiger partial charge < -0.3 is 38.8 Å². The number of halogens is 1. The monoisotopic (exact) mass is 809 g/mol. The fraction of sp³-hybridized carbons (Fsp3) is 0.814. The molecule has 3 heterocycles. The normalized spacial score (nSPS) is 41.6. The van der Waals surface area contributed by atoms with Crippen LogP contribution in [-0.4, -0.2) is 120 Å². The number of hydrogen-bond donors (Lipinski definition) is 2. The lowest BCUT2D eigenvalue weighted by Gasteiger charge is -2.46. The Morgan fingerprint density at radius 3 is 2.30 bits per heavy atom. The van der Waals surface area contributed by atoms with Crippen LogP contribution in [0.15, 0.2) is 23.3 Å². The van der Waals surface area contributed by atoms with Crippen molar-refractivity contribution in [3.63, 3.8) is 0 Å². The smallest absolute Gasteiger partial charge is 0.329 e. The standard InChI is InChI=1S/C43H68ClNO11/c1-10-42(6)24-25(2)14-13-16-33(52-7)38-35(54-9)21-27(4)43(51,56-38)39(48)40(49)45-19-12-11-15-31(45)41(50)55-37(28(5)32(46)23-36(42)47)26(3)20-29-17-18-30(44)34(22-29)53-8/h20,24,27-35,37-38,46,51H,10-19,21-23H2,1-9H3/b25-24+,26-20+/t27-,28-,29+,30+,31+,32+,33+,34-,35?,37-,38-,42+,43-/m1/s1. The predicted octanol–water partition coefficient (Wildman–Crippen LogP) is 5.86. The summed E-state index contributed by atoms with van der Waals surface area (Å²) >= 11 is 6.53. The summed E-state index contributed by atoms with van der Waals surface area (Å²) in [5.74, 6) is -6.95. The van der Waals surface area contributed by atoms with Gasteiger partial charge in [-0.3, -0.25) is 14.4 Å². The highest BCUT2D eigenvalue weighted by atomic mass is 35.5. The Bertz CT molecular complexity index is 1450. The molecule has 1 aliphatic carbocycles. The Morgan fingerprint density at radius 1 is 0.982 bits per heavy atom. The van der Waals surface area contributed by atoms with E-state index in [1.54, 1.807) is 21.0 Å². The van der Waals surface area contributed by atoms with Crippen molar-refractivity contribution < 1.29 is 53.1 Å². The molecule has 318 valence electrons. The number of rotatable bonds is 6. The molecule has 1 saturated carbocycles. The lowest BCUT2D eigenvalue weighted by Crippen LogP contribution is -2.64. The Kier molecular flexibility index (Phi) is 16.8. The highest BCUT2D eigenvalue weighted by Crippen LogP contribution is 2.39. The molecule has 2 saturated heterocycles. The van der Waals surface area contributed by atoms with Gasteiger partial charge in [0.25, 0.3) is 11.7 Å². The summed E-state index contributed by atoms with van der Waals surface area (Å²) in [6, 6.07) is -1.12. The number of cyclic esters (lactones) is 1. The van der Waals surface area contributed by atoms with Crippen LogP contribution in [0.1, 0.15) is 119 Å². The van der Waals surface area contributed by atoms with Crippen LogP contribution in [-0.2, 0) is 42.9 Å². The Labute approximate surface area is 339 Å². The number of esters is 1. The molecule has 0 spiro atoms. The van der Waals surface area contributed by atoms with Gasteiger partial charge in [-0.1, -0.05) is 38.5 Å². The number of ketones is 2. The predicted molar refractivity (Wildman–Crippen MR) is 212 cm³/mol. The fourth-order valence-electron chi connectivity index (χ4n) is 9.18. The zero-order valence-corrected chi connectivity index (χ0v) is 35.8. The number of alkyl halides is 1. The number of allylic oxidation sites excluding steroid dienone is 3. The third kappa shape index (κ3) is 10.5. The lowest BCUT2D eigenvalue weighted by atomic mass is 9.77. The van der Waals surface area contributed by atoms with Crippen LogP contribution < -0.4 is 0 Å². The van der Waals surface area contributed by atoms with Crippen LogP contribution >= 0.6 is 11.6 Å². The van der Waals surface area contributed by atoms with E-state index in [4.69, 9.17) is 35.3 Å². The summed E-state index contributed by atoms with van der Waals surface area (Å²) in [6.07, 6.45) is 5.78. The van der Waals surface area contributed by atoms with E-state index in [2.05, 4.69) is 0 Å². The van der Waals surface area contributed by atoms with Gasteiger partial charge in [-0.25, -0.2) is 4.79 Å². The van der Waals surface area contributed by atoms with Crippen molar-refractivity contribution in [2.75, 3.05) is 27.9 Å². The molecular formula is C43H68ClNO11. The van der Waals surface area contributed by atoms with E-state index in [1.165, 1.54) is 19.1 Å². The minimum atomic E-state index is -2.49. The van der Waals surface area contributed by atoms with E-state index in [0.717, 1.165) is 18.4 Å². The number of ether oxygens (including phenoxy) is 5. The average molecular weight is 810 g/mol. The van der Waals surface area contributed by atoms with E-state index in [1.807, 2.05) is 39.8 Å². The molecule has 3 fully saturated rings. The number of nitrogens with zero attached hydrogens (tertiary/aromatic N) is 1. The number of amides is 1. The third-order valence-corrected chi connectivity index (χ3v) is 13.7. The summed E-state index contributed by atoms with van der Waals surface area (Å²) in [7, 11) is 4.70. The van der Waals surface area contributed by atoms with Crippen LogP contribution in [0.4, 0.5) is 0 Å².